The Hall–Kier alpha value is -2.56. The minimum absolute atomic E-state index is 0.0918. The van der Waals surface area contributed by atoms with E-state index in [4.69, 9.17) is 0 Å². The van der Waals surface area contributed by atoms with Gasteiger partial charge < -0.3 is 10.3 Å². The minimum atomic E-state index is -0.0918. The second kappa shape index (κ2) is 5.83. The molecular formula is C16H18N4O. The van der Waals surface area contributed by atoms with Gasteiger partial charge in [0.05, 0.1) is 23.1 Å². The minimum Gasteiger partial charge on any atom is -0.353 e. The number of hydrogen-bond acceptors (Lipinski definition) is 2. The van der Waals surface area contributed by atoms with E-state index < -0.39 is 0 Å². The van der Waals surface area contributed by atoms with Gasteiger partial charge in [-0.1, -0.05) is 31.5 Å². The summed E-state index contributed by atoms with van der Waals surface area (Å²) < 4.78 is 0. The van der Waals surface area contributed by atoms with Crippen LogP contribution in [-0.2, 0) is 0 Å². The van der Waals surface area contributed by atoms with Crippen LogP contribution in [0, 0.1) is 0 Å². The van der Waals surface area contributed by atoms with Crippen molar-refractivity contribution in [2.75, 3.05) is 6.54 Å². The molecule has 0 aliphatic rings. The van der Waals surface area contributed by atoms with Gasteiger partial charge in [-0.2, -0.15) is 5.10 Å². The molecule has 0 aliphatic carbocycles. The van der Waals surface area contributed by atoms with Crippen LogP contribution < -0.4 is 5.32 Å². The molecule has 2 aromatic heterocycles. The number of aromatic nitrogens is 3. The number of nitrogens with one attached hydrogen (secondary N) is 3. The van der Waals surface area contributed by atoms with Crippen LogP contribution >= 0.6 is 0 Å². The highest BCUT2D eigenvalue weighted by Crippen LogP contribution is 2.24. The Morgan fingerprint density at radius 3 is 3.00 bits per heavy atom. The molecule has 0 saturated heterocycles. The van der Waals surface area contributed by atoms with E-state index in [1.807, 2.05) is 30.3 Å². The first-order valence-electron chi connectivity index (χ1n) is 7.19. The van der Waals surface area contributed by atoms with Crippen LogP contribution in [0.15, 0.2) is 36.5 Å². The van der Waals surface area contributed by atoms with E-state index >= 15 is 0 Å². The predicted octanol–water partition coefficient (Wildman–Crippen LogP) is 3.09. The van der Waals surface area contributed by atoms with Gasteiger partial charge in [0.25, 0.3) is 5.91 Å². The van der Waals surface area contributed by atoms with E-state index in [2.05, 4.69) is 27.4 Å². The smallest absolute Gasteiger partial charge is 0.255 e. The van der Waals surface area contributed by atoms with E-state index in [0.717, 1.165) is 35.1 Å². The van der Waals surface area contributed by atoms with Crippen molar-refractivity contribution in [2.45, 2.75) is 19.8 Å². The van der Waals surface area contributed by atoms with Crippen LogP contribution in [0.4, 0.5) is 0 Å². The maximum Gasteiger partial charge on any atom is 0.255 e. The number of amides is 1. The molecule has 0 saturated carbocycles. The summed E-state index contributed by atoms with van der Waals surface area (Å²) in [5.41, 5.74) is 3.20. The lowest BCUT2D eigenvalue weighted by Gasteiger charge is -2.03. The fourth-order valence-electron chi connectivity index (χ4n) is 2.35. The molecule has 5 nitrogen and oxygen atoms in total. The largest absolute Gasteiger partial charge is 0.353 e. The van der Waals surface area contributed by atoms with Gasteiger partial charge in [0.2, 0.25) is 0 Å². The standard InChI is InChI=1S/C16H18N4O/c1-2-3-8-17-16(21)12-10-18-20-15(12)14-9-11-6-4-5-7-13(11)19-14/h4-7,9-10,19H,2-3,8H2,1H3,(H,17,21)(H,18,20). The van der Waals surface area contributed by atoms with Crippen molar-refractivity contribution in [3.05, 3.63) is 42.1 Å². The normalized spacial score (nSPS) is 10.9. The molecule has 0 radical (unpaired) electrons. The van der Waals surface area contributed by atoms with Crippen LogP contribution in [-0.4, -0.2) is 27.6 Å². The van der Waals surface area contributed by atoms with Gasteiger partial charge in [0, 0.05) is 17.4 Å². The Labute approximate surface area is 122 Å². The third kappa shape index (κ3) is 2.67. The number of nitrogens with zero attached hydrogens (tertiary/aromatic N) is 1. The molecular weight excluding hydrogens is 264 g/mol. The highest BCUT2D eigenvalue weighted by atomic mass is 16.1. The molecule has 0 bridgehead atoms. The Kier molecular flexibility index (Phi) is 3.73. The van der Waals surface area contributed by atoms with E-state index in [-0.39, 0.29) is 5.91 Å². The summed E-state index contributed by atoms with van der Waals surface area (Å²) in [6.07, 6.45) is 3.61. The lowest BCUT2D eigenvalue weighted by Crippen LogP contribution is -2.24. The van der Waals surface area contributed by atoms with E-state index in [1.54, 1.807) is 6.20 Å². The summed E-state index contributed by atoms with van der Waals surface area (Å²) in [5, 5.41) is 11.0. The fraction of sp³-hybridized carbons (Fsp3) is 0.250. The van der Waals surface area contributed by atoms with Gasteiger partial charge in [0.1, 0.15) is 0 Å². The summed E-state index contributed by atoms with van der Waals surface area (Å²) in [6.45, 7) is 2.78. The topological polar surface area (TPSA) is 73.6 Å². The number of hydrogen-bond donors (Lipinski definition) is 3. The second-order valence-corrected chi connectivity index (χ2v) is 5.04. The molecule has 21 heavy (non-hydrogen) atoms. The van der Waals surface area contributed by atoms with Crippen molar-refractivity contribution < 1.29 is 4.79 Å². The maximum absolute atomic E-state index is 12.2. The number of benzene rings is 1. The van der Waals surface area contributed by atoms with Gasteiger partial charge in [0.15, 0.2) is 0 Å². The number of para-hydroxylation sites is 1. The van der Waals surface area contributed by atoms with Crippen molar-refractivity contribution >= 4 is 16.8 Å². The monoisotopic (exact) mass is 282 g/mol. The number of fused-ring (bicyclic) bond motifs is 1. The van der Waals surface area contributed by atoms with Gasteiger partial charge in [-0.3, -0.25) is 9.89 Å². The molecule has 0 aliphatic heterocycles. The third-order valence-corrected chi connectivity index (χ3v) is 3.50. The van der Waals surface area contributed by atoms with Crippen LogP contribution in [0.3, 0.4) is 0 Å². The van der Waals surface area contributed by atoms with Gasteiger partial charge in [-0.15, -0.1) is 0 Å². The van der Waals surface area contributed by atoms with Crippen LogP contribution in [0.2, 0.25) is 0 Å². The lowest BCUT2D eigenvalue weighted by molar-refractivity contribution is 0.0954. The van der Waals surface area contributed by atoms with Gasteiger partial charge in [-0.05, 0) is 18.6 Å². The zero-order valence-electron chi connectivity index (χ0n) is 11.9. The molecule has 108 valence electrons. The molecule has 0 fully saturated rings. The van der Waals surface area contributed by atoms with Crippen molar-refractivity contribution in [3.8, 4) is 11.4 Å². The first-order valence-corrected chi connectivity index (χ1v) is 7.19. The van der Waals surface area contributed by atoms with Gasteiger partial charge in [-0.25, -0.2) is 0 Å². The summed E-state index contributed by atoms with van der Waals surface area (Å²) in [5.74, 6) is -0.0918. The molecule has 1 amide bonds. The number of carbonyl (C=O) groups is 1. The van der Waals surface area contributed by atoms with Crippen LogP contribution in [0.1, 0.15) is 30.1 Å². The van der Waals surface area contributed by atoms with Crippen molar-refractivity contribution in [1.29, 1.82) is 0 Å². The summed E-state index contributed by atoms with van der Waals surface area (Å²) in [4.78, 5) is 15.5. The molecule has 0 spiro atoms. The third-order valence-electron chi connectivity index (χ3n) is 3.50. The first kappa shape index (κ1) is 13.4. The van der Waals surface area contributed by atoms with Gasteiger partial charge >= 0.3 is 0 Å². The quantitative estimate of drug-likeness (QED) is 0.629. The average Bonchev–Trinajstić information content (AvgIpc) is 3.13. The Morgan fingerprint density at radius 2 is 2.19 bits per heavy atom. The Morgan fingerprint density at radius 1 is 1.33 bits per heavy atom. The maximum atomic E-state index is 12.2. The second-order valence-electron chi connectivity index (χ2n) is 5.04. The molecule has 0 atom stereocenters. The molecule has 3 aromatic rings. The molecule has 3 rings (SSSR count). The summed E-state index contributed by atoms with van der Waals surface area (Å²) in [6, 6.07) is 10.0. The predicted molar refractivity (Wildman–Crippen MR) is 83.1 cm³/mol. The highest BCUT2D eigenvalue weighted by Gasteiger charge is 2.16. The SMILES string of the molecule is CCCCNC(=O)c1cn[nH]c1-c1cc2ccccc2[nH]1. The van der Waals surface area contributed by atoms with E-state index in [0.29, 0.717) is 12.1 Å². The fourth-order valence-corrected chi connectivity index (χ4v) is 2.35. The molecule has 3 N–H and O–H groups in total. The van der Waals surface area contributed by atoms with Crippen molar-refractivity contribution in [1.82, 2.24) is 20.5 Å². The zero-order valence-corrected chi connectivity index (χ0v) is 11.9. The lowest BCUT2D eigenvalue weighted by atomic mass is 10.1. The molecule has 0 unspecified atom stereocenters. The average molecular weight is 282 g/mol. The zero-order chi connectivity index (χ0) is 14.7. The van der Waals surface area contributed by atoms with E-state index in [9.17, 15) is 4.79 Å². The summed E-state index contributed by atoms with van der Waals surface area (Å²) >= 11 is 0. The van der Waals surface area contributed by atoms with Crippen LogP contribution in [0.5, 0.6) is 0 Å². The van der Waals surface area contributed by atoms with Crippen molar-refractivity contribution in [2.24, 2.45) is 0 Å². The first-order chi connectivity index (χ1) is 10.3. The number of carbonyl (C=O) groups excluding carboxylic acids is 1. The molecule has 2 heterocycles. The highest BCUT2D eigenvalue weighted by molar-refractivity contribution is 6.00. The summed E-state index contributed by atoms with van der Waals surface area (Å²) in [7, 11) is 0. The number of H-pyrrole nitrogens is 2. The molecule has 5 heteroatoms. The van der Waals surface area contributed by atoms with Crippen molar-refractivity contribution in [3.63, 3.8) is 0 Å². The number of rotatable bonds is 5. The number of aromatic amines is 2. The molecule has 1 aromatic carbocycles. The number of unbranched alkanes of at least 4 members (excludes halogenated alkanes) is 1. The Bertz CT molecular complexity index is 723. The van der Waals surface area contributed by atoms with Crippen LogP contribution in [0.25, 0.3) is 22.3 Å². The van der Waals surface area contributed by atoms with E-state index in [1.165, 1.54) is 0 Å². The Balaban J connectivity index is 1.89.